The third-order valence-corrected chi connectivity index (χ3v) is 6.74. The van der Waals surface area contributed by atoms with Crippen LogP contribution in [0.4, 0.5) is 11.4 Å². The number of quaternary nitrogens is 1. The van der Waals surface area contributed by atoms with Crippen molar-refractivity contribution < 1.29 is 21.6 Å². The highest BCUT2D eigenvalue weighted by molar-refractivity contribution is 7.92. The molecule has 3 N–H and O–H groups in total. The molecule has 3 aromatic rings. The first-order chi connectivity index (χ1) is 14.6. The molecule has 0 spiro atoms. The van der Waals surface area contributed by atoms with Crippen molar-refractivity contribution >= 4 is 61.1 Å². The quantitative estimate of drug-likeness (QED) is 0.365. The van der Waals surface area contributed by atoms with Crippen molar-refractivity contribution in [2.75, 3.05) is 11.8 Å². The zero-order valence-corrected chi connectivity index (χ0v) is 18.8. The van der Waals surface area contributed by atoms with Gasteiger partial charge in [0.2, 0.25) is 10.9 Å². The average Bonchev–Trinajstić information content (AvgIpc) is 3.23. The Bertz CT molecular complexity index is 1350. The predicted molar refractivity (Wildman–Crippen MR) is 121 cm³/mol. The minimum absolute atomic E-state index is 0.0469. The van der Waals surface area contributed by atoms with Crippen LogP contribution in [0.5, 0.6) is 0 Å². The Labute approximate surface area is 186 Å². The number of benzene rings is 2. The minimum atomic E-state index is -4.07. The standard InChI is InChI=1S/C19H17ClN4O5S2/c1-12-21-18(22-30(25)26)11-24(12,2)16-8-7-14(20)10-15(16)23-31(27,28)19-9-13-5-3-4-6-17(13)29-19/h3-11,22-23H,1-2H3/p+1. The van der Waals surface area contributed by atoms with Crippen LogP contribution in [0.25, 0.3) is 11.0 Å². The zero-order valence-electron chi connectivity index (χ0n) is 16.4. The van der Waals surface area contributed by atoms with E-state index in [-0.39, 0.29) is 21.1 Å². The van der Waals surface area contributed by atoms with Crippen LogP contribution in [0.3, 0.4) is 0 Å². The lowest BCUT2D eigenvalue weighted by Crippen LogP contribution is -2.42. The normalized spacial score (nSPS) is 19.7. The van der Waals surface area contributed by atoms with Gasteiger partial charge in [-0.15, -0.1) is 0 Å². The summed E-state index contributed by atoms with van der Waals surface area (Å²) >= 11 is 3.85. The van der Waals surface area contributed by atoms with Gasteiger partial charge in [-0.2, -0.15) is 13.4 Å². The Hall–Kier alpha value is -2.70. The highest BCUT2D eigenvalue weighted by Gasteiger charge is 2.37. The van der Waals surface area contributed by atoms with Crippen molar-refractivity contribution in [1.82, 2.24) is 9.21 Å². The predicted octanol–water partition coefficient (Wildman–Crippen LogP) is 3.78. The van der Waals surface area contributed by atoms with Crippen LogP contribution in [-0.2, 0) is 21.3 Å². The molecule has 162 valence electrons. The molecule has 2 heterocycles. The number of sulfonamides is 1. The van der Waals surface area contributed by atoms with E-state index in [9.17, 15) is 12.6 Å². The first-order valence-corrected chi connectivity index (χ1v) is 11.9. The molecule has 0 fully saturated rings. The summed E-state index contributed by atoms with van der Waals surface area (Å²) in [4.78, 5) is 4.26. The Morgan fingerprint density at radius 3 is 2.65 bits per heavy atom. The van der Waals surface area contributed by atoms with Gasteiger partial charge in [-0.1, -0.05) is 29.8 Å². The first-order valence-electron chi connectivity index (χ1n) is 8.92. The molecule has 0 amide bonds. The molecule has 12 heteroatoms. The van der Waals surface area contributed by atoms with Crippen LogP contribution >= 0.6 is 11.6 Å². The lowest BCUT2D eigenvalue weighted by atomic mass is 10.2. The summed E-state index contributed by atoms with van der Waals surface area (Å²) in [5, 5.41) is 0.749. The summed E-state index contributed by atoms with van der Waals surface area (Å²) in [6.07, 6.45) is 1.59. The number of furan rings is 1. The smallest absolute Gasteiger partial charge is 0.295 e. The second-order valence-corrected chi connectivity index (χ2v) is 9.72. The molecule has 31 heavy (non-hydrogen) atoms. The summed E-state index contributed by atoms with van der Waals surface area (Å²) < 4.78 is 56.7. The average molecular weight is 482 g/mol. The first kappa shape index (κ1) is 21.5. The highest BCUT2D eigenvalue weighted by Crippen LogP contribution is 2.38. The monoisotopic (exact) mass is 481 g/mol. The van der Waals surface area contributed by atoms with Gasteiger partial charge in [-0.3, -0.25) is 14.0 Å². The minimum Gasteiger partial charge on any atom is -0.443 e. The summed E-state index contributed by atoms with van der Waals surface area (Å²) in [6, 6.07) is 13.2. The van der Waals surface area contributed by atoms with Crippen molar-refractivity contribution in [1.29, 1.82) is 0 Å². The van der Waals surface area contributed by atoms with Gasteiger partial charge in [0.1, 0.15) is 11.3 Å². The number of para-hydroxylation sites is 1. The molecular weight excluding hydrogens is 464 g/mol. The number of rotatable bonds is 6. The molecule has 9 nitrogen and oxygen atoms in total. The van der Waals surface area contributed by atoms with Gasteiger partial charge in [0.15, 0.2) is 17.7 Å². The Morgan fingerprint density at radius 2 is 1.94 bits per heavy atom. The van der Waals surface area contributed by atoms with E-state index in [0.29, 0.717) is 27.5 Å². The van der Waals surface area contributed by atoms with Gasteiger partial charge in [0.25, 0.3) is 21.3 Å². The number of nitrogens with one attached hydrogen (secondary N) is 2. The van der Waals surface area contributed by atoms with E-state index in [1.54, 1.807) is 56.6 Å². The number of hydrogen-bond acceptors (Lipinski definition) is 5. The summed E-state index contributed by atoms with van der Waals surface area (Å²) in [7, 11) is -2.31. The lowest BCUT2D eigenvalue weighted by molar-refractivity contribution is 0.484. The number of amidine groups is 1. The molecule has 2 aromatic carbocycles. The maximum absolute atomic E-state index is 13.1. The highest BCUT2D eigenvalue weighted by atomic mass is 35.5. The van der Waals surface area contributed by atoms with Gasteiger partial charge in [-0.05, 0) is 18.2 Å². The molecular formula is C19H18ClN4O5S2+. The largest absolute Gasteiger partial charge is 0.443 e. The second kappa shape index (κ2) is 7.77. The SMILES string of the molecule is CC1=NC(NS(=O)O)=C[N+]1(C)c1ccc(Cl)cc1NS(=O)(=O)c1cc2ccccc2o1. The van der Waals surface area contributed by atoms with Gasteiger partial charge in [0.05, 0.1) is 7.05 Å². The fraction of sp³-hybridized carbons (Fsp3) is 0.105. The summed E-state index contributed by atoms with van der Waals surface area (Å²) in [6.45, 7) is 1.72. The van der Waals surface area contributed by atoms with Crippen LogP contribution < -0.4 is 13.9 Å². The van der Waals surface area contributed by atoms with Crippen LogP contribution in [-0.4, -0.2) is 30.1 Å². The topological polar surface area (TPSA) is 121 Å². The van der Waals surface area contributed by atoms with E-state index in [2.05, 4.69) is 14.4 Å². The number of aliphatic imine (C=N–C) groups is 1. The molecule has 0 aliphatic carbocycles. The second-order valence-electron chi connectivity index (χ2n) is 6.97. The zero-order chi connectivity index (χ0) is 22.4. The fourth-order valence-corrected chi connectivity index (χ4v) is 4.79. The van der Waals surface area contributed by atoms with Crippen molar-refractivity contribution in [3.8, 4) is 0 Å². The van der Waals surface area contributed by atoms with Gasteiger partial charge < -0.3 is 4.42 Å². The molecule has 1 aliphatic heterocycles. The summed E-state index contributed by atoms with van der Waals surface area (Å²) in [5.74, 6) is 0.723. The van der Waals surface area contributed by atoms with Crippen LogP contribution in [0.2, 0.25) is 5.02 Å². The Morgan fingerprint density at radius 1 is 1.19 bits per heavy atom. The van der Waals surface area contributed by atoms with E-state index in [1.807, 2.05) is 0 Å². The maximum Gasteiger partial charge on any atom is 0.295 e. The third kappa shape index (κ3) is 4.10. The Balaban J connectivity index is 1.76. The molecule has 2 unspecified atom stereocenters. The van der Waals surface area contributed by atoms with E-state index in [4.69, 9.17) is 20.6 Å². The third-order valence-electron chi connectivity index (χ3n) is 4.90. The Kier molecular flexibility index (Phi) is 5.40. The van der Waals surface area contributed by atoms with Crippen molar-refractivity contribution in [2.45, 2.75) is 12.0 Å². The van der Waals surface area contributed by atoms with Crippen molar-refractivity contribution in [2.24, 2.45) is 4.99 Å². The van der Waals surface area contributed by atoms with Crippen molar-refractivity contribution in [3.63, 3.8) is 0 Å². The lowest BCUT2D eigenvalue weighted by Gasteiger charge is -2.27. The van der Waals surface area contributed by atoms with Crippen LogP contribution in [0, 0.1) is 0 Å². The fourth-order valence-electron chi connectivity index (χ4n) is 3.31. The van der Waals surface area contributed by atoms with E-state index < -0.39 is 21.3 Å². The summed E-state index contributed by atoms with van der Waals surface area (Å²) in [5.41, 5.74) is 1.17. The van der Waals surface area contributed by atoms with E-state index in [0.717, 1.165) is 0 Å². The van der Waals surface area contributed by atoms with Gasteiger partial charge in [-0.25, -0.2) is 8.69 Å². The molecule has 0 radical (unpaired) electrons. The number of fused-ring (bicyclic) bond motifs is 1. The molecule has 1 aliphatic rings. The molecule has 2 atom stereocenters. The molecule has 0 saturated carbocycles. The van der Waals surface area contributed by atoms with E-state index >= 15 is 0 Å². The molecule has 4 rings (SSSR count). The van der Waals surface area contributed by atoms with Gasteiger partial charge >= 0.3 is 0 Å². The number of halogens is 1. The molecule has 0 saturated heterocycles. The number of anilines is 1. The van der Waals surface area contributed by atoms with Crippen LogP contribution in [0.1, 0.15) is 6.92 Å². The van der Waals surface area contributed by atoms with Gasteiger partial charge in [0, 0.05) is 29.5 Å². The van der Waals surface area contributed by atoms with Crippen molar-refractivity contribution in [3.05, 3.63) is 65.6 Å². The molecule has 1 aromatic heterocycles. The van der Waals surface area contributed by atoms with E-state index in [1.165, 1.54) is 12.1 Å². The van der Waals surface area contributed by atoms with Crippen LogP contribution in [0.15, 0.2) is 75.1 Å². The maximum atomic E-state index is 13.1. The number of nitrogens with zero attached hydrogens (tertiary/aromatic N) is 2. The molecule has 0 bridgehead atoms. The number of hydrogen-bond donors (Lipinski definition) is 3.